The van der Waals surface area contributed by atoms with Crippen molar-refractivity contribution in [2.24, 2.45) is 0 Å². The van der Waals surface area contributed by atoms with Crippen LogP contribution in [0.3, 0.4) is 0 Å². The van der Waals surface area contributed by atoms with Gasteiger partial charge in [0, 0.05) is 31.2 Å². The van der Waals surface area contributed by atoms with Crippen LogP contribution >= 0.6 is 0 Å². The highest BCUT2D eigenvalue weighted by atomic mass is 19.1. The van der Waals surface area contributed by atoms with Crippen molar-refractivity contribution in [3.8, 4) is 0 Å². The van der Waals surface area contributed by atoms with Crippen molar-refractivity contribution in [3.63, 3.8) is 0 Å². The molecule has 1 aliphatic rings. The molecule has 2 aromatic carbocycles. The Kier molecular flexibility index (Phi) is 4.99. The molecule has 0 fully saturated rings. The van der Waals surface area contributed by atoms with Crippen LogP contribution in [0.2, 0.25) is 0 Å². The van der Waals surface area contributed by atoms with E-state index in [1.54, 1.807) is 6.07 Å². The van der Waals surface area contributed by atoms with Crippen molar-refractivity contribution in [3.05, 3.63) is 59.2 Å². The van der Waals surface area contributed by atoms with Crippen molar-refractivity contribution >= 4 is 17.3 Å². The summed E-state index contributed by atoms with van der Waals surface area (Å²) in [6, 6.07) is 9.05. The summed E-state index contributed by atoms with van der Waals surface area (Å²) >= 11 is 0. The van der Waals surface area contributed by atoms with E-state index < -0.39 is 5.82 Å². The molecule has 3 rings (SSSR count). The summed E-state index contributed by atoms with van der Waals surface area (Å²) in [6.07, 6.45) is 0.998. The average molecular weight is 345 g/mol. The fraction of sp³-hybridized carbons (Fsp3) is 0.316. The first kappa shape index (κ1) is 17.4. The minimum Gasteiger partial charge on any atom is -0.399 e. The molecule has 0 spiro atoms. The zero-order valence-electron chi connectivity index (χ0n) is 14.1. The molecular weight excluding hydrogens is 324 g/mol. The van der Waals surface area contributed by atoms with Crippen molar-refractivity contribution < 1.29 is 13.6 Å². The summed E-state index contributed by atoms with van der Waals surface area (Å²) < 4.78 is 27.0. The quantitative estimate of drug-likeness (QED) is 0.834. The second kappa shape index (κ2) is 7.19. The highest BCUT2D eigenvalue weighted by Crippen LogP contribution is 2.29. The van der Waals surface area contributed by atoms with E-state index in [0.717, 1.165) is 24.1 Å². The largest absolute Gasteiger partial charge is 0.399 e. The maximum Gasteiger partial charge on any atom is 0.225 e. The lowest BCUT2D eigenvalue weighted by molar-refractivity contribution is -0.116. The van der Waals surface area contributed by atoms with E-state index in [1.807, 2.05) is 13.0 Å². The third kappa shape index (κ3) is 3.96. The third-order valence-electron chi connectivity index (χ3n) is 4.66. The Labute approximate surface area is 145 Å². The van der Waals surface area contributed by atoms with Gasteiger partial charge in [0.15, 0.2) is 0 Å². The first-order chi connectivity index (χ1) is 11.9. The second-order valence-corrected chi connectivity index (χ2v) is 6.34. The van der Waals surface area contributed by atoms with Crippen LogP contribution in [0.25, 0.3) is 0 Å². The third-order valence-corrected chi connectivity index (χ3v) is 4.66. The Morgan fingerprint density at radius 1 is 1.28 bits per heavy atom. The number of hydrogen-bond acceptors (Lipinski definition) is 3. The Bertz CT molecular complexity index is 794. The predicted octanol–water partition coefficient (Wildman–Crippen LogP) is 3.49. The molecule has 1 heterocycles. The monoisotopic (exact) mass is 345 g/mol. The summed E-state index contributed by atoms with van der Waals surface area (Å²) in [4.78, 5) is 14.3. The predicted molar refractivity (Wildman–Crippen MR) is 94.2 cm³/mol. The lowest BCUT2D eigenvalue weighted by Crippen LogP contribution is -2.36. The number of nitrogens with two attached hydrogens (primary N) is 1. The van der Waals surface area contributed by atoms with Gasteiger partial charge in [-0.05, 0) is 54.8 Å². The van der Waals surface area contributed by atoms with Gasteiger partial charge in [-0.3, -0.25) is 9.69 Å². The normalized spacial score (nSPS) is 17.2. The van der Waals surface area contributed by atoms with Gasteiger partial charge in [0.05, 0.1) is 5.69 Å². The number of carbonyl (C=O) groups is 1. The van der Waals surface area contributed by atoms with Gasteiger partial charge >= 0.3 is 0 Å². The van der Waals surface area contributed by atoms with Crippen LogP contribution in [0, 0.1) is 11.6 Å². The van der Waals surface area contributed by atoms with Crippen LogP contribution in [0.15, 0.2) is 36.4 Å². The Morgan fingerprint density at radius 3 is 2.88 bits per heavy atom. The molecule has 132 valence electrons. The van der Waals surface area contributed by atoms with E-state index in [-0.39, 0.29) is 29.9 Å². The molecule has 1 atom stereocenters. The van der Waals surface area contributed by atoms with Crippen molar-refractivity contribution in [1.82, 2.24) is 4.90 Å². The number of anilines is 2. The van der Waals surface area contributed by atoms with Gasteiger partial charge < -0.3 is 11.1 Å². The van der Waals surface area contributed by atoms with Crippen molar-refractivity contribution in [2.75, 3.05) is 24.1 Å². The van der Waals surface area contributed by atoms with Crippen LogP contribution in [0.5, 0.6) is 0 Å². The first-order valence-electron chi connectivity index (χ1n) is 8.31. The second-order valence-electron chi connectivity index (χ2n) is 6.34. The Morgan fingerprint density at radius 2 is 2.08 bits per heavy atom. The number of nitrogens with one attached hydrogen (secondary N) is 1. The van der Waals surface area contributed by atoms with Crippen LogP contribution in [0.1, 0.15) is 30.5 Å². The SMILES string of the molecule is CC1c2ccc(F)cc2CCN1CCC(=O)Nc1cc(N)ccc1F. The van der Waals surface area contributed by atoms with Crippen LogP contribution < -0.4 is 11.1 Å². The van der Waals surface area contributed by atoms with E-state index >= 15 is 0 Å². The van der Waals surface area contributed by atoms with E-state index in [0.29, 0.717) is 12.2 Å². The number of benzene rings is 2. The molecule has 0 saturated carbocycles. The maximum atomic E-state index is 13.7. The molecule has 25 heavy (non-hydrogen) atoms. The van der Waals surface area contributed by atoms with Crippen LogP contribution in [0.4, 0.5) is 20.2 Å². The summed E-state index contributed by atoms with van der Waals surface area (Å²) in [5, 5.41) is 2.56. The van der Waals surface area contributed by atoms with Gasteiger partial charge in [0.2, 0.25) is 5.91 Å². The fourth-order valence-electron chi connectivity index (χ4n) is 3.25. The van der Waals surface area contributed by atoms with E-state index in [9.17, 15) is 13.6 Å². The zero-order chi connectivity index (χ0) is 18.0. The van der Waals surface area contributed by atoms with Gasteiger partial charge in [0.25, 0.3) is 0 Å². The van der Waals surface area contributed by atoms with Crippen molar-refractivity contribution in [2.45, 2.75) is 25.8 Å². The molecule has 1 unspecified atom stereocenters. The Hall–Kier alpha value is -2.47. The molecule has 0 aromatic heterocycles. The molecular formula is C19H21F2N3O. The lowest BCUT2D eigenvalue weighted by Gasteiger charge is -2.35. The standard InChI is InChI=1S/C19H21F2N3O/c1-12-16-4-2-14(20)10-13(16)6-8-24(12)9-7-19(25)23-18-11-15(22)3-5-17(18)21/h2-5,10-12H,6-9,22H2,1H3,(H,23,25). The maximum absolute atomic E-state index is 13.7. The van der Waals surface area contributed by atoms with Gasteiger partial charge in [-0.2, -0.15) is 0 Å². The molecule has 1 amide bonds. The highest BCUT2D eigenvalue weighted by Gasteiger charge is 2.24. The summed E-state index contributed by atoms with van der Waals surface area (Å²) in [7, 11) is 0. The number of rotatable bonds is 4. The molecule has 0 radical (unpaired) electrons. The minimum absolute atomic E-state index is 0.0949. The summed E-state index contributed by atoms with van der Waals surface area (Å²) in [6.45, 7) is 3.36. The number of nitrogens with zero attached hydrogens (tertiary/aromatic N) is 1. The minimum atomic E-state index is -0.509. The first-order valence-corrected chi connectivity index (χ1v) is 8.31. The van der Waals surface area contributed by atoms with E-state index in [4.69, 9.17) is 5.73 Å². The number of fused-ring (bicyclic) bond motifs is 1. The number of amides is 1. The smallest absolute Gasteiger partial charge is 0.225 e. The van der Waals surface area contributed by atoms with E-state index in [1.165, 1.54) is 24.3 Å². The summed E-state index contributed by atoms with van der Waals surface area (Å²) in [5.41, 5.74) is 8.22. The molecule has 6 heteroatoms. The van der Waals surface area contributed by atoms with Crippen molar-refractivity contribution in [1.29, 1.82) is 0 Å². The molecule has 4 nitrogen and oxygen atoms in total. The number of nitrogen functional groups attached to an aromatic ring is 1. The van der Waals surface area contributed by atoms with Gasteiger partial charge in [-0.25, -0.2) is 8.78 Å². The molecule has 3 N–H and O–H groups in total. The van der Waals surface area contributed by atoms with Crippen LogP contribution in [-0.2, 0) is 11.2 Å². The Balaban J connectivity index is 1.59. The van der Waals surface area contributed by atoms with Gasteiger partial charge in [-0.15, -0.1) is 0 Å². The lowest BCUT2D eigenvalue weighted by atomic mass is 9.93. The molecule has 1 aliphatic heterocycles. The topological polar surface area (TPSA) is 58.4 Å². The molecule has 0 aliphatic carbocycles. The average Bonchev–Trinajstić information content (AvgIpc) is 2.57. The van der Waals surface area contributed by atoms with Gasteiger partial charge in [0.1, 0.15) is 11.6 Å². The van der Waals surface area contributed by atoms with Crippen LogP contribution in [-0.4, -0.2) is 23.9 Å². The zero-order valence-corrected chi connectivity index (χ0v) is 14.1. The fourth-order valence-corrected chi connectivity index (χ4v) is 3.25. The highest BCUT2D eigenvalue weighted by molar-refractivity contribution is 5.91. The number of hydrogen-bond donors (Lipinski definition) is 2. The van der Waals surface area contributed by atoms with Gasteiger partial charge in [-0.1, -0.05) is 6.07 Å². The van der Waals surface area contributed by atoms with E-state index in [2.05, 4.69) is 10.2 Å². The summed E-state index contributed by atoms with van der Waals surface area (Å²) in [5.74, 6) is -0.991. The molecule has 0 bridgehead atoms. The molecule has 2 aromatic rings. The number of carbonyl (C=O) groups excluding carboxylic acids is 1. The molecule has 0 saturated heterocycles. The number of halogens is 2.